The molecule has 1 amide bonds. The molecule has 0 unspecified atom stereocenters. The van der Waals surface area contributed by atoms with E-state index in [2.05, 4.69) is 9.97 Å². The van der Waals surface area contributed by atoms with E-state index in [-0.39, 0.29) is 25.0 Å². The second kappa shape index (κ2) is 7.24. The van der Waals surface area contributed by atoms with Crippen molar-refractivity contribution in [1.29, 1.82) is 0 Å². The summed E-state index contributed by atoms with van der Waals surface area (Å²) in [5.41, 5.74) is 5.88. The summed E-state index contributed by atoms with van der Waals surface area (Å²) in [7, 11) is 1.44. The van der Waals surface area contributed by atoms with E-state index in [1.807, 2.05) is 6.92 Å². The number of rotatable bonds is 7. The zero-order valence-corrected chi connectivity index (χ0v) is 11.0. The molecule has 0 atom stereocenters. The Bertz CT molecular complexity index is 427. The van der Waals surface area contributed by atoms with Crippen LogP contribution >= 0.6 is 0 Å². The maximum Gasteiger partial charge on any atom is 0.407 e. The summed E-state index contributed by atoms with van der Waals surface area (Å²) in [4.78, 5) is 20.0. The van der Waals surface area contributed by atoms with Gasteiger partial charge in [0.25, 0.3) is 0 Å². The van der Waals surface area contributed by atoms with Gasteiger partial charge in [-0.05, 0) is 6.42 Å². The third-order valence-corrected chi connectivity index (χ3v) is 2.31. The minimum Gasteiger partial charge on any atom is -0.479 e. The fraction of sp³-hybridized carbons (Fsp3) is 0.545. The van der Waals surface area contributed by atoms with Gasteiger partial charge in [0.2, 0.25) is 5.88 Å². The lowest BCUT2D eigenvalue weighted by molar-refractivity contribution is 0.133. The predicted octanol–water partition coefficient (Wildman–Crippen LogP) is 0.836. The molecule has 1 aromatic rings. The van der Waals surface area contributed by atoms with Gasteiger partial charge in [0.1, 0.15) is 12.3 Å². The fourth-order valence-electron chi connectivity index (χ4n) is 1.41. The maximum atomic E-state index is 10.9. The van der Waals surface area contributed by atoms with E-state index in [1.54, 1.807) is 0 Å². The largest absolute Gasteiger partial charge is 0.479 e. The average Bonchev–Trinajstić information content (AvgIpc) is 2.39. The first-order valence-electron chi connectivity index (χ1n) is 5.85. The first-order valence-corrected chi connectivity index (χ1v) is 5.85. The van der Waals surface area contributed by atoms with Crippen molar-refractivity contribution in [1.82, 2.24) is 14.9 Å². The Labute approximate surface area is 111 Å². The van der Waals surface area contributed by atoms with Gasteiger partial charge in [-0.15, -0.1) is 0 Å². The van der Waals surface area contributed by atoms with Crippen molar-refractivity contribution in [2.24, 2.45) is 0 Å². The molecule has 1 heterocycles. The smallest absolute Gasteiger partial charge is 0.407 e. The molecule has 0 saturated carbocycles. The highest BCUT2D eigenvalue weighted by molar-refractivity contribution is 5.64. The van der Waals surface area contributed by atoms with Crippen molar-refractivity contribution < 1.29 is 19.4 Å². The van der Waals surface area contributed by atoms with E-state index < -0.39 is 6.09 Å². The van der Waals surface area contributed by atoms with Crippen molar-refractivity contribution in [3.8, 4) is 11.9 Å². The molecule has 0 aliphatic rings. The number of ether oxygens (including phenoxy) is 2. The van der Waals surface area contributed by atoms with Crippen LogP contribution in [0.3, 0.4) is 0 Å². The number of hydrogen-bond acceptors (Lipinski definition) is 6. The second-order valence-corrected chi connectivity index (χ2v) is 3.74. The molecule has 0 spiro atoms. The molecule has 0 radical (unpaired) electrons. The van der Waals surface area contributed by atoms with Gasteiger partial charge in [0.05, 0.1) is 19.9 Å². The zero-order valence-electron chi connectivity index (χ0n) is 11.0. The highest BCUT2D eigenvalue weighted by Crippen LogP contribution is 2.18. The monoisotopic (exact) mass is 270 g/mol. The number of methoxy groups -OCH3 is 1. The zero-order chi connectivity index (χ0) is 14.3. The molecule has 0 fully saturated rings. The van der Waals surface area contributed by atoms with Gasteiger partial charge in [0, 0.05) is 6.54 Å². The number of aromatic nitrogens is 2. The van der Waals surface area contributed by atoms with Crippen LogP contribution in [0.1, 0.15) is 13.3 Å². The molecular formula is C11H18N4O4. The van der Waals surface area contributed by atoms with Crippen LogP contribution in [0.5, 0.6) is 11.9 Å². The lowest BCUT2D eigenvalue weighted by atomic mass is 10.4. The first kappa shape index (κ1) is 14.8. The molecular weight excluding hydrogens is 252 g/mol. The number of nitrogen functional groups attached to an aromatic ring is 1. The Morgan fingerprint density at radius 2 is 2.26 bits per heavy atom. The number of anilines is 1. The summed E-state index contributed by atoms with van der Waals surface area (Å²) >= 11 is 0. The lowest BCUT2D eigenvalue weighted by Gasteiger charge is -2.17. The van der Waals surface area contributed by atoms with Crippen LogP contribution in [0, 0.1) is 0 Å². The van der Waals surface area contributed by atoms with Crippen LogP contribution in [-0.4, -0.2) is 52.9 Å². The summed E-state index contributed by atoms with van der Waals surface area (Å²) < 4.78 is 10.2. The highest BCUT2D eigenvalue weighted by Gasteiger charge is 2.11. The molecule has 0 bridgehead atoms. The van der Waals surface area contributed by atoms with Crippen LogP contribution in [0.25, 0.3) is 0 Å². The van der Waals surface area contributed by atoms with E-state index >= 15 is 0 Å². The second-order valence-electron chi connectivity index (χ2n) is 3.74. The SMILES string of the molecule is CCCN(CCOc1ncc(N)c(OC)n1)C(=O)O. The predicted molar refractivity (Wildman–Crippen MR) is 68.4 cm³/mol. The van der Waals surface area contributed by atoms with Gasteiger partial charge in [-0.2, -0.15) is 4.98 Å². The summed E-state index contributed by atoms with van der Waals surface area (Å²) in [6.45, 7) is 2.79. The standard InChI is InChI=1S/C11H18N4O4/c1-3-4-15(11(16)17)5-6-19-10-13-7-8(12)9(14-10)18-2/h7H,3-6,12H2,1-2H3,(H,16,17). The highest BCUT2D eigenvalue weighted by atomic mass is 16.5. The van der Waals surface area contributed by atoms with Crippen molar-refractivity contribution in [3.05, 3.63) is 6.20 Å². The molecule has 19 heavy (non-hydrogen) atoms. The van der Waals surface area contributed by atoms with Gasteiger partial charge in [-0.25, -0.2) is 9.78 Å². The van der Waals surface area contributed by atoms with Crippen LogP contribution in [-0.2, 0) is 0 Å². The topological polar surface area (TPSA) is 111 Å². The molecule has 0 aliphatic carbocycles. The Balaban J connectivity index is 2.50. The summed E-state index contributed by atoms with van der Waals surface area (Å²) in [6.07, 6.45) is 1.15. The molecule has 0 aromatic carbocycles. The number of nitrogens with zero attached hydrogens (tertiary/aromatic N) is 3. The third kappa shape index (κ3) is 4.49. The summed E-state index contributed by atoms with van der Waals surface area (Å²) in [5.74, 6) is 0.230. The van der Waals surface area contributed by atoms with Crippen molar-refractivity contribution >= 4 is 11.8 Å². The van der Waals surface area contributed by atoms with Crippen LogP contribution in [0.2, 0.25) is 0 Å². The average molecular weight is 270 g/mol. The van der Waals surface area contributed by atoms with Crippen LogP contribution < -0.4 is 15.2 Å². The number of carbonyl (C=O) groups is 1. The molecule has 1 rings (SSSR count). The minimum absolute atomic E-state index is 0.105. The van der Waals surface area contributed by atoms with E-state index in [9.17, 15) is 4.79 Å². The molecule has 3 N–H and O–H groups in total. The van der Waals surface area contributed by atoms with Crippen molar-refractivity contribution in [2.75, 3.05) is 32.5 Å². The van der Waals surface area contributed by atoms with E-state index in [0.717, 1.165) is 6.42 Å². The third-order valence-electron chi connectivity index (χ3n) is 2.31. The quantitative estimate of drug-likeness (QED) is 0.755. The Kier molecular flexibility index (Phi) is 5.65. The fourth-order valence-corrected chi connectivity index (χ4v) is 1.41. The van der Waals surface area contributed by atoms with E-state index in [1.165, 1.54) is 18.2 Å². The normalized spacial score (nSPS) is 10.0. The Hall–Kier alpha value is -2.25. The Morgan fingerprint density at radius 3 is 2.84 bits per heavy atom. The Morgan fingerprint density at radius 1 is 1.53 bits per heavy atom. The number of carboxylic acid groups (broad SMARTS) is 1. The summed E-state index contributed by atoms with van der Waals surface area (Å²) in [6, 6.07) is 0.105. The number of nitrogens with two attached hydrogens (primary N) is 1. The van der Waals surface area contributed by atoms with Crippen LogP contribution in [0.4, 0.5) is 10.5 Å². The summed E-state index contributed by atoms with van der Waals surface area (Å²) in [5, 5.41) is 8.92. The van der Waals surface area contributed by atoms with Gasteiger partial charge >= 0.3 is 12.1 Å². The number of amides is 1. The number of hydrogen-bond donors (Lipinski definition) is 2. The molecule has 1 aromatic heterocycles. The van der Waals surface area contributed by atoms with E-state index in [0.29, 0.717) is 12.2 Å². The molecule has 0 saturated heterocycles. The first-order chi connectivity index (χ1) is 9.08. The van der Waals surface area contributed by atoms with E-state index in [4.69, 9.17) is 20.3 Å². The van der Waals surface area contributed by atoms with Gasteiger partial charge in [-0.3, -0.25) is 0 Å². The molecule has 0 aliphatic heterocycles. The molecule has 8 heteroatoms. The lowest BCUT2D eigenvalue weighted by Crippen LogP contribution is -2.34. The maximum absolute atomic E-state index is 10.9. The minimum atomic E-state index is -0.971. The van der Waals surface area contributed by atoms with Gasteiger partial charge in [-0.1, -0.05) is 6.92 Å². The van der Waals surface area contributed by atoms with Crippen molar-refractivity contribution in [2.45, 2.75) is 13.3 Å². The molecule has 106 valence electrons. The van der Waals surface area contributed by atoms with Crippen LogP contribution in [0.15, 0.2) is 6.20 Å². The van der Waals surface area contributed by atoms with Crippen molar-refractivity contribution in [3.63, 3.8) is 0 Å². The van der Waals surface area contributed by atoms with Gasteiger partial charge in [0.15, 0.2) is 0 Å². The van der Waals surface area contributed by atoms with Gasteiger partial charge < -0.3 is 25.2 Å². The molecule has 8 nitrogen and oxygen atoms in total.